The maximum Gasteiger partial charge on any atom is 0.251 e. The number of benzene rings is 2. The zero-order valence-corrected chi connectivity index (χ0v) is 22.0. The van der Waals surface area contributed by atoms with E-state index in [0.717, 1.165) is 50.2 Å². The number of nitrogens with zero attached hydrogens (tertiary/aromatic N) is 1. The highest BCUT2D eigenvalue weighted by Crippen LogP contribution is 2.29. The number of nitrogens with one attached hydrogen (secondary N) is 2. The molecule has 2 aromatic rings. The Morgan fingerprint density at radius 2 is 1.82 bits per heavy atom. The van der Waals surface area contributed by atoms with Crippen LogP contribution < -0.4 is 10.6 Å². The van der Waals surface area contributed by atoms with E-state index >= 15 is 0 Å². The van der Waals surface area contributed by atoms with Gasteiger partial charge in [0.05, 0.1) is 12.6 Å². The first kappa shape index (κ1) is 27.9. The average Bonchev–Trinajstić information content (AvgIpc) is 2.93. The van der Waals surface area contributed by atoms with E-state index in [1.165, 1.54) is 18.6 Å². The number of halogens is 2. The first-order chi connectivity index (χ1) is 18.3. The van der Waals surface area contributed by atoms with Crippen LogP contribution >= 0.6 is 0 Å². The zero-order valence-electron chi connectivity index (χ0n) is 22.0. The van der Waals surface area contributed by atoms with Gasteiger partial charge >= 0.3 is 0 Å². The molecule has 1 saturated carbocycles. The van der Waals surface area contributed by atoms with Crippen molar-refractivity contribution in [3.05, 3.63) is 70.8 Å². The molecule has 0 aromatic heterocycles. The molecule has 2 aliphatic rings. The van der Waals surface area contributed by atoms with Crippen LogP contribution in [0.3, 0.4) is 0 Å². The molecule has 1 aliphatic heterocycles. The number of likely N-dealkylation sites (tertiary alicyclic amines) is 1. The molecule has 4 rings (SSSR count). The quantitative estimate of drug-likeness (QED) is 0.467. The minimum absolute atomic E-state index is 0. The van der Waals surface area contributed by atoms with Crippen LogP contribution in [-0.2, 0) is 16.1 Å². The summed E-state index contributed by atoms with van der Waals surface area (Å²) in [6.07, 6.45) is 7.04. The van der Waals surface area contributed by atoms with Gasteiger partial charge in [0.1, 0.15) is 11.6 Å². The number of Topliss-reactive ketones (excluding diaryl/α,β-unsaturated/α-hetero) is 1. The van der Waals surface area contributed by atoms with Gasteiger partial charge in [-0.15, -0.1) is 0 Å². The summed E-state index contributed by atoms with van der Waals surface area (Å²) < 4.78 is 26.9. The van der Waals surface area contributed by atoms with Gasteiger partial charge in [-0.3, -0.25) is 14.4 Å². The van der Waals surface area contributed by atoms with Crippen molar-refractivity contribution in [2.24, 2.45) is 5.92 Å². The van der Waals surface area contributed by atoms with Crippen LogP contribution in [0, 0.1) is 17.6 Å². The summed E-state index contributed by atoms with van der Waals surface area (Å²) in [4.78, 5) is 40.0. The highest BCUT2D eigenvalue weighted by molar-refractivity contribution is 5.97. The Morgan fingerprint density at radius 1 is 1.03 bits per heavy atom. The summed E-state index contributed by atoms with van der Waals surface area (Å²) in [5.41, 5.74) is 1.82. The van der Waals surface area contributed by atoms with Crippen molar-refractivity contribution in [3.63, 3.8) is 0 Å². The van der Waals surface area contributed by atoms with Crippen molar-refractivity contribution >= 4 is 17.6 Å². The predicted molar refractivity (Wildman–Crippen MR) is 146 cm³/mol. The van der Waals surface area contributed by atoms with Crippen LogP contribution in [0.2, 0.25) is 0 Å². The average molecular weight is 530 g/mol. The molecule has 6 nitrogen and oxygen atoms in total. The lowest BCUT2D eigenvalue weighted by Gasteiger charge is -2.33. The van der Waals surface area contributed by atoms with Gasteiger partial charge in [-0.2, -0.15) is 0 Å². The molecule has 0 spiro atoms. The molecule has 38 heavy (non-hydrogen) atoms. The first-order valence-electron chi connectivity index (χ1n) is 13.7. The van der Waals surface area contributed by atoms with Crippen LogP contribution in [0.1, 0.15) is 82.1 Å². The van der Waals surface area contributed by atoms with E-state index in [-0.39, 0.29) is 45.4 Å². The van der Waals surface area contributed by atoms with Gasteiger partial charge in [-0.25, -0.2) is 8.78 Å². The molecule has 8 heteroatoms. The molecule has 0 radical (unpaired) electrons. The van der Waals surface area contributed by atoms with Crippen molar-refractivity contribution in [1.82, 2.24) is 15.5 Å². The molecule has 2 amide bonds. The lowest BCUT2D eigenvalue weighted by atomic mass is 9.82. The molecular weight excluding hydrogens is 488 g/mol. The summed E-state index contributed by atoms with van der Waals surface area (Å²) in [5, 5.41) is 5.95. The summed E-state index contributed by atoms with van der Waals surface area (Å²) in [5.74, 6) is -1.30. The fourth-order valence-corrected chi connectivity index (χ4v) is 5.73. The standard InChI is InChI=1S/C30H37F2N3O3.2H2/c1-20(36)29(21-7-3-2-4-8-21)34-30(38)23-10-5-9-22(15-23)25-11-6-14-35(19-25)28(37)18-33-17-24-12-13-26(31)16-27(24)32;;/h5,9-10,12-13,15-16,21,25,29,33H,2-4,6-8,11,14,17-19H2,1H3,(H,34,38);2*1H/t25?,29-;;/m0../s1. The smallest absolute Gasteiger partial charge is 0.251 e. The Morgan fingerprint density at radius 3 is 2.55 bits per heavy atom. The molecule has 1 saturated heterocycles. The van der Waals surface area contributed by atoms with Crippen LogP contribution in [-0.4, -0.2) is 48.2 Å². The Bertz CT molecular complexity index is 1160. The van der Waals surface area contributed by atoms with Crippen molar-refractivity contribution < 1.29 is 26.0 Å². The van der Waals surface area contributed by atoms with Gasteiger partial charge < -0.3 is 15.5 Å². The highest BCUT2D eigenvalue weighted by Gasteiger charge is 2.29. The maximum absolute atomic E-state index is 13.8. The predicted octanol–water partition coefficient (Wildman–Crippen LogP) is 5.22. The van der Waals surface area contributed by atoms with Gasteiger partial charge in [0.25, 0.3) is 5.91 Å². The minimum atomic E-state index is -0.639. The number of ketones is 1. The van der Waals surface area contributed by atoms with E-state index in [2.05, 4.69) is 10.6 Å². The third-order valence-corrected chi connectivity index (χ3v) is 7.85. The molecule has 1 heterocycles. The van der Waals surface area contributed by atoms with Gasteiger partial charge in [-0.05, 0) is 62.3 Å². The second-order valence-electron chi connectivity index (χ2n) is 10.6. The largest absolute Gasteiger partial charge is 0.342 e. The molecular formula is C30H41F2N3O3. The highest BCUT2D eigenvalue weighted by atomic mass is 19.1. The number of rotatable bonds is 9. The van der Waals surface area contributed by atoms with E-state index in [0.29, 0.717) is 24.2 Å². The normalized spacial score (nSPS) is 19.1. The molecule has 0 bridgehead atoms. The first-order valence-corrected chi connectivity index (χ1v) is 13.7. The Hall–Kier alpha value is -3.13. The number of carbonyl (C=O) groups is 3. The van der Waals surface area contributed by atoms with Crippen LogP contribution in [0.5, 0.6) is 0 Å². The second-order valence-corrected chi connectivity index (χ2v) is 10.6. The molecule has 2 atom stereocenters. The van der Waals surface area contributed by atoms with Crippen LogP contribution in [0.25, 0.3) is 0 Å². The van der Waals surface area contributed by atoms with Crippen LogP contribution in [0.15, 0.2) is 42.5 Å². The van der Waals surface area contributed by atoms with Gasteiger partial charge in [-0.1, -0.05) is 37.5 Å². The molecule has 2 aromatic carbocycles. The number of hydrogen-bond acceptors (Lipinski definition) is 4. The summed E-state index contributed by atoms with van der Waals surface area (Å²) >= 11 is 0. The molecule has 1 unspecified atom stereocenters. The number of piperidine rings is 1. The van der Waals surface area contributed by atoms with E-state index in [1.807, 2.05) is 18.2 Å². The summed E-state index contributed by atoms with van der Waals surface area (Å²) in [7, 11) is 0. The zero-order chi connectivity index (χ0) is 27.1. The minimum Gasteiger partial charge on any atom is -0.342 e. The third kappa shape index (κ3) is 7.25. The van der Waals surface area contributed by atoms with Crippen molar-refractivity contribution in [2.45, 2.75) is 70.4 Å². The second kappa shape index (κ2) is 13.1. The SMILES string of the molecule is CC(=O)[C@H](NC(=O)c1cccc(C2CCCN(C(=O)CNCc3ccc(F)cc3F)C2)c1)C1CCCCC1.[HH].[HH]. The Kier molecular flexibility index (Phi) is 9.61. The number of amides is 2. The van der Waals surface area contributed by atoms with Gasteiger partial charge in [0.15, 0.2) is 5.78 Å². The van der Waals surface area contributed by atoms with E-state index in [1.54, 1.807) is 17.9 Å². The summed E-state index contributed by atoms with van der Waals surface area (Å²) in [6, 6.07) is 10.4. The van der Waals surface area contributed by atoms with Crippen molar-refractivity contribution in [1.29, 1.82) is 0 Å². The lowest BCUT2D eigenvalue weighted by Crippen LogP contribution is -2.45. The number of hydrogen-bond donors (Lipinski definition) is 2. The molecule has 2 fully saturated rings. The molecule has 208 valence electrons. The number of carbonyl (C=O) groups excluding carboxylic acids is 3. The fraction of sp³-hybridized carbons (Fsp3) is 0.500. The topological polar surface area (TPSA) is 78.5 Å². The Labute approximate surface area is 226 Å². The maximum atomic E-state index is 13.8. The third-order valence-electron chi connectivity index (χ3n) is 7.85. The fourth-order valence-electron chi connectivity index (χ4n) is 5.73. The van der Waals surface area contributed by atoms with E-state index < -0.39 is 17.7 Å². The van der Waals surface area contributed by atoms with Crippen molar-refractivity contribution in [3.8, 4) is 0 Å². The lowest BCUT2D eigenvalue weighted by molar-refractivity contribution is -0.131. The summed E-state index contributed by atoms with van der Waals surface area (Å²) in [6.45, 7) is 2.92. The molecule has 2 N–H and O–H groups in total. The van der Waals surface area contributed by atoms with E-state index in [9.17, 15) is 23.2 Å². The van der Waals surface area contributed by atoms with Crippen molar-refractivity contribution in [2.75, 3.05) is 19.6 Å². The monoisotopic (exact) mass is 529 g/mol. The van der Waals surface area contributed by atoms with E-state index in [4.69, 9.17) is 0 Å². The molecule has 1 aliphatic carbocycles. The van der Waals surface area contributed by atoms with Gasteiger partial charge in [0, 0.05) is 45.6 Å². The van der Waals surface area contributed by atoms with Gasteiger partial charge in [0.2, 0.25) is 5.91 Å². The van der Waals surface area contributed by atoms with Crippen LogP contribution in [0.4, 0.5) is 8.78 Å². The Balaban J connectivity index is 0.00000280.